The number of cyclic esters (lactones) is 1. The number of thioether (sulfide) groups is 1. The van der Waals surface area contributed by atoms with Gasteiger partial charge in [0.15, 0.2) is 5.60 Å². The van der Waals surface area contributed by atoms with E-state index in [1.165, 1.54) is 0 Å². The van der Waals surface area contributed by atoms with Crippen LogP contribution in [0.15, 0.2) is 121 Å². The number of nitrogens with zero attached hydrogens (tertiary/aromatic N) is 1. The minimum Gasteiger partial charge on any atom is -0.431 e. The van der Waals surface area contributed by atoms with Crippen molar-refractivity contribution >= 4 is 17.9 Å². The SMILES string of the molecule is CS[C@@H]([C@H](C[C@@H](O)c1ccccc1)c1ccccc1)N1C(=O)OC(c2ccccc2)(c2ccccc2)[C@@H]1C(C)C. The van der Waals surface area contributed by atoms with Crippen LogP contribution < -0.4 is 0 Å². The van der Waals surface area contributed by atoms with Crippen molar-refractivity contribution in [3.63, 3.8) is 0 Å². The molecule has 1 saturated heterocycles. The van der Waals surface area contributed by atoms with Gasteiger partial charge in [0, 0.05) is 17.0 Å². The molecule has 0 saturated carbocycles. The molecule has 206 valence electrons. The fourth-order valence-electron chi connectivity index (χ4n) is 6.25. The van der Waals surface area contributed by atoms with Gasteiger partial charge in [0.25, 0.3) is 0 Å². The molecule has 40 heavy (non-hydrogen) atoms. The number of rotatable bonds is 10. The Morgan fingerprint density at radius 1 is 0.775 bits per heavy atom. The van der Waals surface area contributed by atoms with Gasteiger partial charge in [0.2, 0.25) is 0 Å². The highest BCUT2D eigenvalue weighted by atomic mass is 32.2. The number of carbonyl (C=O) groups excluding carboxylic acids is 1. The molecule has 0 bridgehead atoms. The largest absolute Gasteiger partial charge is 0.431 e. The van der Waals surface area contributed by atoms with E-state index in [1.54, 1.807) is 11.8 Å². The predicted molar refractivity (Wildman–Crippen MR) is 163 cm³/mol. The summed E-state index contributed by atoms with van der Waals surface area (Å²) in [6.07, 6.45) is 1.51. The lowest BCUT2D eigenvalue weighted by molar-refractivity contribution is 0.0533. The third kappa shape index (κ3) is 5.28. The number of hydrogen-bond acceptors (Lipinski definition) is 4. The average molecular weight is 552 g/mol. The summed E-state index contributed by atoms with van der Waals surface area (Å²) >= 11 is 1.64. The first-order valence-corrected chi connectivity index (χ1v) is 15.2. The molecule has 1 N–H and O–H groups in total. The van der Waals surface area contributed by atoms with Gasteiger partial charge >= 0.3 is 6.09 Å². The van der Waals surface area contributed by atoms with Gasteiger partial charge in [0.1, 0.15) is 0 Å². The summed E-state index contributed by atoms with van der Waals surface area (Å²) in [7, 11) is 0. The van der Waals surface area contributed by atoms with Crippen LogP contribution in [0.3, 0.4) is 0 Å². The molecule has 5 heteroatoms. The van der Waals surface area contributed by atoms with Crippen molar-refractivity contribution in [3.8, 4) is 0 Å². The number of amides is 1. The summed E-state index contributed by atoms with van der Waals surface area (Å²) in [6, 6.07) is 39.9. The zero-order valence-electron chi connectivity index (χ0n) is 23.3. The number of ether oxygens (including phenoxy) is 1. The van der Waals surface area contributed by atoms with Crippen molar-refractivity contribution in [2.45, 2.75) is 49.3 Å². The lowest BCUT2D eigenvalue weighted by Gasteiger charge is -2.42. The molecule has 4 aromatic rings. The van der Waals surface area contributed by atoms with Gasteiger partial charge in [-0.25, -0.2) is 4.79 Å². The molecule has 1 aliphatic rings. The summed E-state index contributed by atoms with van der Waals surface area (Å²) in [4.78, 5) is 16.1. The van der Waals surface area contributed by atoms with Crippen LogP contribution in [0.1, 0.15) is 54.5 Å². The van der Waals surface area contributed by atoms with Crippen molar-refractivity contribution in [1.82, 2.24) is 4.90 Å². The van der Waals surface area contributed by atoms with Crippen LogP contribution in [0.25, 0.3) is 0 Å². The zero-order chi connectivity index (χ0) is 28.1. The maximum absolute atomic E-state index is 14.2. The molecule has 5 rings (SSSR count). The molecule has 4 aromatic carbocycles. The van der Waals surface area contributed by atoms with E-state index < -0.39 is 11.7 Å². The van der Waals surface area contributed by atoms with Crippen LogP contribution in [0.5, 0.6) is 0 Å². The average Bonchev–Trinajstić information content (AvgIpc) is 3.32. The molecule has 0 aliphatic carbocycles. The van der Waals surface area contributed by atoms with E-state index in [0.717, 1.165) is 22.3 Å². The quantitative estimate of drug-likeness (QED) is 0.217. The van der Waals surface area contributed by atoms with Crippen molar-refractivity contribution in [2.24, 2.45) is 5.92 Å². The van der Waals surface area contributed by atoms with Crippen molar-refractivity contribution < 1.29 is 14.6 Å². The Balaban J connectivity index is 1.63. The van der Waals surface area contributed by atoms with Gasteiger partial charge in [-0.05, 0) is 29.7 Å². The Kier molecular flexibility index (Phi) is 8.63. The van der Waals surface area contributed by atoms with Gasteiger partial charge in [0.05, 0.1) is 17.5 Å². The second-order valence-corrected chi connectivity index (χ2v) is 11.7. The van der Waals surface area contributed by atoms with Crippen LogP contribution in [0.2, 0.25) is 0 Å². The van der Waals surface area contributed by atoms with Crippen LogP contribution in [0.4, 0.5) is 4.79 Å². The van der Waals surface area contributed by atoms with Gasteiger partial charge in [-0.3, -0.25) is 4.90 Å². The third-order valence-corrected chi connectivity index (χ3v) is 9.00. The molecule has 0 radical (unpaired) electrons. The zero-order valence-corrected chi connectivity index (χ0v) is 24.1. The second kappa shape index (κ2) is 12.3. The minimum absolute atomic E-state index is 0.0805. The van der Waals surface area contributed by atoms with Crippen LogP contribution in [0, 0.1) is 5.92 Å². The van der Waals surface area contributed by atoms with Crippen LogP contribution in [-0.2, 0) is 10.3 Å². The van der Waals surface area contributed by atoms with Gasteiger partial charge in [-0.15, -0.1) is 11.8 Å². The van der Waals surface area contributed by atoms with Gasteiger partial charge < -0.3 is 9.84 Å². The lowest BCUT2D eigenvalue weighted by Crippen LogP contribution is -2.52. The first kappa shape index (κ1) is 28.0. The molecule has 0 spiro atoms. The van der Waals surface area contributed by atoms with Crippen LogP contribution >= 0.6 is 11.8 Å². The number of hydrogen-bond donors (Lipinski definition) is 1. The lowest BCUT2D eigenvalue weighted by atomic mass is 9.75. The summed E-state index contributed by atoms with van der Waals surface area (Å²) < 4.78 is 6.58. The number of benzene rings is 4. The van der Waals surface area contributed by atoms with Gasteiger partial charge in [-0.1, -0.05) is 135 Å². The highest BCUT2D eigenvalue weighted by Crippen LogP contribution is 2.51. The maximum atomic E-state index is 14.2. The summed E-state index contributed by atoms with van der Waals surface area (Å²) in [5.41, 5.74) is 2.90. The van der Waals surface area contributed by atoms with E-state index >= 15 is 0 Å². The monoisotopic (exact) mass is 551 g/mol. The van der Waals surface area contributed by atoms with E-state index in [0.29, 0.717) is 6.42 Å². The summed E-state index contributed by atoms with van der Waals surface area (Å²) in [5, 5.41) is 11.1. The third-order valence-electron chi connectivity index (χ3n) is 7.96. The van der Waals surface area contributed by atoms with Crippen molar-refractivity contribution in [1.29, 1.82) is 0 Å². The van der Waals surface area contributed by atoms with E-state index in [1.807, 2.05) is 96.1 Å². The Bertz CT molecular complexity index is 1330. The molecule has 4 atom stereocenters. The van der Waals surface area contributed by atoms with E-state index in [-0.39, 0.29) is 29.3 Å². The highest BCUT2D eigenvalue weighted by molar-refractivity contribution is 7.99. The number of aliphatic hydroxyl groups is 1. The molecule has 0 unspecified atom stereocenters. The smallest absolute Gasteiger partial charge is 0.412 e. The normalized spacial score (nSPS) is 18.8. The summed E-state index contributed by atoms with van der Waals surface area (Å²) in [6.45, 7) is 4.32. The molecule has 4 nitrogen and oxygen atoms in total. The fourth-order valence-corrected chi connectivity index (χ4v) is 7.29. The molecule has 1 aliphatic heterocycles. The highest BCUT2D eigenvalue weighted by Gasteiger charge is 2.59. The summed E-state index contributed by atoms with van der Waals surface area (Å²) in [5.74, 6) is -0.0560. The standard InChI is InChI=1S/C35H37NO3S/c1-25(2)32-35(28-20-12-6-13-21-28,29-22-14-7-15-23-29)39-34(38)36(32)33(40-3)30(26-16-8-4-9-17-26)24-31(37)27-18-10-5-11-19-27/h4-23,25,30-33,37H,24H2,1-3H3/t30-,31-,32+,33+/m1/s1. The Hall–Kier alpha value is -3.54. The maximum Gasteiger partial charge on any atom is 0.412 e. The van der Waals surface area contributed by atoms with Crippen LogP contribution in [-0.4, -0.2) is 33.8 Å². The first-order chi connectivity index (χ1) is 19.5. The van der Waals surface area contributed by atoms with E-state index in [4.69, 9.17) is 4.74 Å². The van der Waals surface area contributed by atoms with Crippen molar-refractivity contribution in [2.75, 3.05) is 6.26 Å². The predicted octanol–water partition coefficient (Wildman–Crippen LogP) is 8.00. The molecular weight excluding hydrogens is 514 g/mol. The molecule has 0 aromatic heterocycles. The second-order valence-electron chi connectivity index (χ2n) is 10.7. The molecule has 1 fully saturated rings. The minimum atomic E-state index is -0.971. The van der Waals surface area contributed by atoms with Gasteiger partial charge in [-0.2, -0.15) is 0 Å². The van der Waals surface area contributed by atoms with E-state index in [2.05, 4.69) is 50.2 Å². The topological polar surface area (TPSA) is 49.8 Å². The number of aliphatic hydroxyl groups excluding tert-OH is 1. The molecule has 1 amide bonds. The number of carbonyl (C=O) groups is 1. The Morgan fingerprint density at radius 2 is 1.23 bits per heavy atom. The molecule has 1 heterocycles. The Morgan fingerprint density at radius 3 is 1.68 bits per heavy atom. The van der Waals surface area contributed by atoms with E-state index in [9.17, 15) is 9.90 Å². The fraction of sp³-hybridized carbons (Fsp3) is 0.286. The first-order valence-electron chi connectivity index (χ1n) is 13.9. The Labute approximate surface area is 242 Å². The molecular formula is C35H37NO3S. The van der Waals surface area contributed by atoms with Crippen molar-refractivity contribution in [3.05, 3.63) is 144 Å².